The molecule has 0 unspecified atom stereocenters. The molecule has 1 aromatic carbocycles. The number of alkyl halides is 3. The van der Waals surface area contributed by atoms with E-state index in [-0.39, 0.29) is 6.54 Å². The predicted molar refractivity (Wildman–Crippen MR) is 53.0 cm³/mol. The van der Waals surface area contributed by atoms with E-state index in [9.17, 15) is 13.2 Å². The molecule has 0 aromatic heterocycles. The molecule has 0 bridgehead atoms. The molecule has 0 aliphatic carbocycles. The Morgan fingerprint density at radius 2 is 1.80 bits per heavy atom. The monoisotopic (exact) mass is 283 g/mol. The zero-order valence-electron chi connectivity index (χ0n) is 7.64. The molecule has 1 aromatic rings. The van der Waals surface area contributed by atoms with Gasteiger partial charge in [-0.2, -0.15) is 18.7 Å². The van der Waals surface area contributed by atoms with E-state index >= 15 is 0 Å². The molecular weight excluding hydrogens is 275 g/mol. The van der Waals surface area contributed by atoms with Gasteiger partial charge in [0.05, 0.1) is 0 Å². The van der Waals surface area contributed by atoms with Crippen molar-refractivity contribution in [3.05, 3.63) is 34.3 Å². The number of rotatable bonds is 4. The first-order valence-corrected chi connectivity index (χ1v) is 4.92. The molecule has 84 valence electrons. The molecule has 0 saturated heterocycles. The van der Waals surface area contributed by atoms with E-state index in [1.54, 1.807) is 24.3 Å². The van der Waals surface area contributed by atoms with Gasteiger partial charge in [0.1, 0.15) is 0 Å². The second-order valence-electron chi connectivity index (χ2n) is 2.85. The standard InChI is InChI=1S/C9H9BrF3NO/c10-8-3-1-7(2-4-8)5-14-15-6-9(11,12)13/h1-4,14H,5-6H2. The van der Waals surface area contributed by atoms with Crippen molar-refractivity contribution in [2.45, 2.75) is 12.7 Å². The molecule has 6 heteroatoms. The van der Waals surface area contributed by atoms with E-state index in [1.807, 2.05) is 0 Å². The highest BCUT2D eigenvalue weighted by atomic mass is 79.9. The van der Waals surface area contributed by atoms with Gasteiger partial charge in [0.25, 0.3) is 0 Å². The molecule has 1 rings (SSSR count). The topological polar surface area (TPSA) is 21.3 Å². The first-order valence-electron chi connectivity index (χ1n) is 4.13. The van der Waals surface area contributed by atoms with Gasteiger partial charge in [-0.15, -0.1) is 0 Å². The highest BCUT2D eigenvalue weighted by Gasteiger charge is 2.27. The third-order valence-corrected chi connectivity index (χ3v) is 2.06. The molecular formula is C9H9BrF3NO. The molecule has 0 heterocycles. The number of hydrogen-bond acceptors (Lipinski definition) is 2. The summed E-state index contributed by atoms with van der Waals surface area (Å²) in [6.07, 6.45) is -4.30. The number of hydrogen-bond donors (Lipinski definition) is 1. The van der Waals surface area contributed by atoms with Gasteiger partial charge in [-0.05, 0) is 17.7 Å². The van der Waals surface area contributed by atoms with Crippen LogP contribution in [0.3, 0.4) is 0 Å². The second kappa shape index (κ2) is 5.48. The van der Waals surface area contributed by atoms with Crippen LogP contribution >= 0.6 is 15.9 Å². The SMILES string of the molecule is FC(F)(F)CONCc1ccc(Br)cc1. The first-order chi connectivity index (χ1) is 6.97. The maximum atomic E-state index is 11.7. The summed E-state index contributed by atoms with van der Waals surface area (Å²) in [5, 5.41) is 0. The smallest absolute Gasteiger partial charge is 0.292 e. The lowest BCUT2D eigenvalue weighted by atomic mass is 10.2. The quantitative estimate of drug-likeness (QED) is 0.678. The van der Waals surface area contributed by atoms with Crippen LogP contribution in [-0.4, -0.2) is 12.8 Å². The van der Waals surface area contributed by atoms with Crippen LogP contribution in [0.5, 0.6) is 0 Å². The van der Waals surface area contributed by atoms with E-state index in [0.29, 0.717) is 0 Å². The molecule has 15 heavy (non-hydrogen) atoms. The molecule has 1 N–H and O–H groups in total. The van der Waals surface area contributed by atoms with Gasteiger partial charge in [0, 0.05) is 11.0 Å². The summed E-state index contributed by atoms with van der Waals surface area (Å²) in [5.74, 6) is 0. The Bertz CT molecular complexity index is 299. The molecule has 0 aliphatic heterocycles. The van der Waals surface area contributed by atoms with Crippen LogP contribution in [0.15, 0.2) is 28.7 Å². The number of nitrogens with one attached hydrogen (secondary N) is 1. The Balaban J connectivity index is 2.23. The Morgan fingerprint density at radius 3 is 2.33 bits per heavy atom. The van der Waals surface area contributed by atoms with E-state index in [2.05, 4.69) is 26.2 Å². The first kappa shape index (κ1) is 12.5. The Morgan fingerprint density at radius 1 is 1.20 bits per heavy atom. The van der Waals surface area contributed by atoms with E-state index < -0.39 is 12.8 Å². The molecule has 0 spiro atoms. The van der Waals surface area contributed by atoms with Crippen molar-refractivity contribution in [1.82, 2.24) is 5.48 Å². The van der Waals surface area contributed by atoms with Crippen molar-refractivity contribution in [3.63, 3.8) is 0 Å². The minimum absolute atomic E-state index is 0.239. The van der Waals surface area contributed by atoms with Crippen LogP contribution in [0.4, 0.5) is 13.2 Å². The molecule has 2 nitrogen and oxygen atoms in total. The van der Waals surface area contributed by atoms with Crippen molar-refractivity contribution < 1.29 is 18.0 Å². The molecule has 0 atom stereocenters. The summed E-state index contributed by atoms with van der Waals surface area (Å²) in [7, 11) is 0. The van der Waals surface area contributed by atoms with Gasteiger partial charge in [0.15, 0.2) is 6.61 Å². The van der Waals surface area contributed by atoms with Gasteiger partial charge in [-0.1, -0.05) is 28.1 Å². The van der Waals surface area contributed by atoms with E-state index in [1.165, 1.54) is 0 Å². The Hall–Kier alpha value is -0.590. The van der Waals surface area contributed by atoms with Crippen LogP contribution in [-0.2, 0) is 11.4 Å². The van der Waals surface area contributed by atoms with Crippen molar-refractivity contribution >= 4 is 15.9 Å². The Kier molecular flexibility index (Phi) is 4.56. The highest BCUT2D eigenvalue weighted by molar-refractivity contribution is 9.10. The number of benzene rings is 1. The molecule has 0 aliphatic rings. The summed E-state index contributed by atoms with van der Waals surface area (Å²) >= 11 is 3.25. The van der Waals surface area contributed by atoms with Gasteiger partial charge >= 0.3 is 6.18 Å². The van der Waals surface area contributed by atoms with Crippen LogP contribution in [0.1, 0.15) is 5.56 Å². The van der Waals surface area contributed by atoms with Crippen LogP contribution in [0, 0.1) is 0 Å². The summed E-state index contributed by atoms with van der Waals surface area (Å²) in [6.45, 7) is -1.05. The average molecular weight is 284 g/mol. The maximum absolute atomic E-state index is 11.7. The fourth-order valence-electron chi connectivity index (χ4n) is 0.869. The van der Waals surface area contributed by atoms with Crippen LogP contribution in [0.25, 0.3) is 0 Å². The molecule has 0 saturated carbocycles. The maximum Gasteiger partial charge on any atom is 0.413 e. The fourth-order valence-corrected chi connectivity index (χ4v) is 1.13. The number of halogens is 4. The van der Waals surface area contributed by atoms with Gasteiger partial charge in [-0.3, -0.25) is 4.84 Å². The predicted octanol–water partition coefficient (Wildman–Crippen LogP) is 3.03. The van der Waals surface area contributed by atoms with Gasteiger partial charge < -0.3 is 0 Å². The third-order valence-electron chi connectivity index (χ3n) is 1.53. The molecule has 0 radical (unpaired) electrons. The number of hydroxylamine groups is 1. The normalized spacial score (nSPS) is 11.7. The largest absolute Gasteiger partial charge is 0.413 e. The van der Waals surface area contributed by atoms with Gasteiger partial charge in [0.2, 0.25) is 0 Å². The van der Waals surface area contributed by atoms with Gasteiger partial charge in [-0.25, -0.2) is 0 Å². The lowest BCUT2D eigenvalue weighted by molar-refractivity contribution is -0.190. The van der Waals surface area contributed by atoms with Crippen molar-refractivity contribution in [2.75, 3.05) is 6.61 Å². The summed E-state index contributed by atoms with van der Waals surface area (Å²) in [4.78, 5) is 4.25. The van der Waals surface area contributed by atoms with Crippen molar-refractivity contribution in [3.8, 4) is 0 Å². The molecule has 0 fully saturated rings. The summed E-state index contributed by atoms with van der Waals surface area (Å²) < 4.78 is 35.9. The Labute approximate surface area is 93.5 Å². The highest BCUT2D eigenvalue weighted by Crippen LogP contribution is 2.14. The van der Waals surface area contributed by atoms with Crippen molar-refractivity contribution in [1.29, 1.82) is 0 Å². The zero-order chi connectivity index (χ0) is 11.3. The van der Waals surface area contributed by atoms with E-state index in [4.69, 9.17) is 0 Å². The minimum atomic E-state index is -4.30. The average Bonchev–Trinajstić information content (AvgIpc) is 2.14. The summed E-state index contributed by atoms with van der Waals surface area (Å²) in [5.41, 5.74) is 3.09. The summed E-state index contributed by atoms with van der Waals surface area (Å²) in [6, 6.07) is 7.18. The van der Waals surface area contributed by atoms with E-state index in [0.717, 1.165) is 10.0 Å². The molecule has 0 amide bonds. The lowest BCUT2D eigenvalue weighted by Gasteiger charge is -2.08. The minimum Gasteiger partial charge on any atom is -0.292 e. The van der Waals surface area contributed by atoms with Crippen molar-refractivity contribution in [2.24, 2.45) is 0 Å². The fraction of sp³-hybridized carbons (Fsp3) is 0.333. The third kappa shape index (κ3) is 5.76. The second-order valence-corrected chi connectivity index (χ2v) is 3.77. The van der Waals surface area contributed by atoms with Crippen LogP contribution < -0.4 is 5.48 Å². The lowest BCUT2D eigenvalue weighted by Crippen LogP contribution is -2.24. The zero-order valence-corrected chi connectivity index (χ0v) is 9.23. The van der Waals surface area contributed by atoms with Crippen LogP contribution in [0.2, 0.25) is 0 Å².